The van der Waals surface area contributed by atoms with E-state index in [-0.39, 0.29) is 18.3 Å². The number of rotatable bonds is 5. The van der Waals surface area contributed by atoms with E-state index in [1.165, 1.54) is 0 Å². The van der Waals surface area contributed by atoms with Crippen molar-refractivity contribution in [2.24, 2.45) is 0 Å². The van der Waals surface area contributed by atoms with Crippen LogP contribution in [-0.2, 0) is 18.0 Å². The molecule has 8 heteroatoms. The van der Waals surface area contributed by atoms with Crippen molar-refractivity contribution in [3.05, 3.63) is 85.0 Å². The van der Waals surface area contributed by atoms with Gasteiger partial charge < -0.3 is 23.7 Å². The van der Waals surface area contributed by atoms with Gasteiger partial charge in [0.05, 0.1) is 19.3 Å². The maximum absolute atomic E-state index is 13.1. The fourth-order valence-corrected chi connectivity index (χ4v) is 4.98. The molecule has 0 amide bonds. The Morgan fingerprint density at radius 1 is 1.09 bits per heavy atom. The largest absolute Gasteiger partial charge is 0.496 e. The van der Waals surface area contributed by atoms with Gasteiger partial charge in [-0.25, -0.2) is 0 Å². The second-order valence-electron chi connectivity index (χ2n) is 7.89. The first-order valence-electron chi connectivity index (χ1n) is 10.5. The fraction of sp³-hybridized carbons (Fsp3) is 0.192. The van der Waals surface area contributed by atoms with E-state index in [1.807, 2.05) is 43.3 Å². The highest BCUT2D eigenvalue weighted by Gasteiger charge is 2.30. The van der Waals surface area contributed by atoms with Crippen molar-refractivity contribution in [1.82, 2.24) is 0 Å². The standard InChI is InChI=1S/C26H20Br2O6/c1-14-5-20(32-12-17-8-19(28)7-16-11-31-13-33-26(16)17)10-22-24(14)25(29)23(34-22)9-15-6-18(27)3-4-21(15)30-2/h3-10H,11-13H2,1-2H3/b23-9-. The number of fused-ring (bicyclic) bond motifs is 2. The monoisotopic (exact) mass is 586 g/mol. The van der Waals surface area contributed by atoms with Gasteiger partial charge in [0.2, 0.25) is 5.78 Å². The Kier molecular flexibility index (Phi) is 6.38. The number of carbonyl (C=O) groups excluding carboxylic acids is 1. The number of hydrogen-bond acceptors (Lipinski definition) is 6. The van der Waals surface area contributed by atoms with Crippen molar-refractivity contribution in [2.75, 3.05) is 13.9 Å². The van der Waals surface area contributed by atoms with Crippen LogP contribution in [0.3, 0.4) is 0 Å². The molecule has 0 radical (unpaired) electrons. The van der Waals surface area contributed by atoms with E-state index in [1.54, 1.807) is 19.3 Å². The minimum atomic E-state index is -0.171. The second-order valence-corrected chi connectivity index (χ2v) is 9.72. The maximum atomic E-state index is 13.1. The molecule has 174 valence electrons. The number of carbonyl (C=O) groups is 1. The van der Waals surface area contributed by atoms with E-state index in [9.17, 15) is 4.79 Å². The van der Waals surface area contributed by atoms with Crippen molar-refractivity contribution >= 4 is 43.7 Å². The van der Waals surface area contributed by atoms with Crippen LogP contribution in [0.2, 0.25) is 0 Å². The molecule has 6 nitrogen and oxygen atoms in total. The summed E-state index contributed by atoms with van der Waals surface area (Å²) in [5, 5.41) is 0. The van der Waals surface area contributed by atoms with Crippen LogP contribution in [0.25, 0.3) is 6.08 Å². The minimum absolute atomic E-state index is 0.171. The van der Waals surface area contributed by atoms with Crippen molar-refractivity contribution in [3.8, 4) is 23.0 Å². The van der Waals surface area contributed by atoms with E-state index in [4.69, 9.17) is 23.7 Å². The van der Waals surface area contributed by atoms with Gasteiger partial charge in [0.25, 0.3) is 0 Å². The molecule has 3 aromatic carbocycles. The molecular formula is C26H20Br2O6. The maximum Gasteiger partial charge on any atom is 0.232 e. The molecule has 0 aliphatic carbocycles. The molecule has 0 spiro atoms. The molecule has 0 fully saturated rings. The number of Topliss-reactive ketones (excluding diaryl/α,β-unsaturated/α-hetero) is 1. The van der Waals surface area contributed by atoms with Crippen molar-refractivity contribution in [3.63, 3.8) is 0 Å². The molecule has 2 heterocycles. The van der Waals surface area contributed by atoms with Gasteiger partial charge in [-0.2, -0.15) is 0 Å². The molecule has 0 saturated carbocycles. The van der Waals surface area contributed by atoms with Crippen LogP contribution < -0.4 is 18.9 Å². The normalized spacial score (nSPS) is 15.4. The molecule has 5 rings (SSSR count). The third-order valence-corrected chi connectivity index (χ3v) is 6.52. The van der Waals surface area contributed by atoms with Crippen LogP contribution in [0.1, 0.15) is 32.6 Å². The van der Waals surface area contributed by atoms with Crippen molar-refractivity contribution in [2.45, 2.75) is 20.1 Å². The summed E-state index contributed by atoms with van der Waals surface area (Å²) in [5.74, 6) is 2.57. The summed E-state index contributed by atoms with van der Waals surface area (Å²) in [7, 11) is 1.59. The Bertz CT molecular complexity index is 1330. The number of aryl methyl sites for hydroxylation is 1. The molecular weight excluding hydrogens is 568 g/mol. The van der Waals surface area contributed by atoms with E-state index >= 15 is 0 Å². The number of hydrogen-bond donors (Lipinski definition) is 0. The summed E-state index contributed by atoms with van der Waals surface area (Å²) >= 11 is 6.99. The van der Waals surface area contributed by atoms with Crippen LogP contribution in [0.5, 0.6) is 23.0 Å². The van der Waals surface area contributed by atoms with Crippen LogP contribution >= 0.6 is 31.9 Å². The summed E-state index contributed by atoms with van der Waals surface area (Å²) in [4.78, 5) is 13.1. The summed E-state index contributed by atoms with van der Waals surface area (Å²) in [5.41, 5.74) is 3.93. The first-order valence-corrected chi connectivity index (χ1v) is 12.1. The number of ketones is 1. The molecule has 2 aliphatic rings. The van der Waals surface area contributed by atoms with Gasteiger partial charge in [0, 0.05) is 31.7 Å². The first-order chi connectivity index (χ1) is 16.4. The Morgan fingerprint density at radius 3 is 2.76 bits per heavy atom. The van der Waals surface area contributed by atoms with E-state index in [2.05, 4.69) is 31.9 Å². The topological polar surface area (TPSA) is 63.2 Å². The lowest BCUT2D eigenvalue weighted by Gasteiger charge is -2.21. The number of benzene rings is 3. The molecule has 0 unspecified atom stereocenters. The minimum Gasteiger partial charge on any atom is -0.496 e. The van der Waals surface area contributed by atoms with E-state index in [0.29, 0.717) is 36.0 Å². The van der Waals surface area contributed by atoms with Crippen LogP contribution in [0, 0.1) is 6.92 Å². The zero-order valence-electron chi connectivity index (χ0n) is 18.4. The first kappa shape index (κ1) is 23.0. The molecule has 0 N–H and O–H groups in total. The Balaban J connectivity index is 1.40. The summed E-state index contributed by atoms with van der Waals surface area (Å²) in [6, 6.07) is 13.1. The van der Waals surface area contributed by atoms with Gasteiger partial charge in [-0.3, -0.25) is 4.79 Å². The molecule has 0 bridgehead atoms. The van der Waals surface area contributed by atoms with Gasteiger partial charge in [0.1, 0.15) is 29.6 Å². The van der Waals surface area contributed by atoms with Gasteiger partial charge in [0.15, 0.2) is 12.6 Å². The predicted octanol–water partition coefficient (Wildman–Crippen LogP) is 6.59. The number of allylic oxidation sites excluding steroid dienone is 1. The molecule has 34 heavy (non-hydrogen) atoms. The average Bonchev–Trinajstić information content (AvgIpc) is 3.13. The number of halogens is 2. The smallest absolute Gasteiger partial charge is 0.232 e. The average molecular weight is 588 g/mol. The van der Waals surface area contributed by atoms with Gasteiger partial charge >= 0.3 is 0 Å². The Morgan fingerprint density at radius 2 is 1.94 bits per heavy atom. The highest BCUT2D eigenvalue weighted by Crippen LogP contribution is 2.39. The fourth-order valence-electron chi connectivity index (χ4n) is 4.04. The number of ether oxygens (including phenoxy) is 5. The van der Waals surface area contributed by atoms with Crippen LogP contribution in [0.4, 0.5) is 0 Å². The number of methoxy groups -OCH3 is 1. The lowest BCUT2D eigenvalue weighted by atomic mass is 10.0. The van der Waals surface area contributed by atoms with Crippen molar-refractivity contribution < 1.29 is 28.5 Å². The second kappa shape index (κ2) is 9.44. The van der Waals surface area contributed by atoms with E-state index < -0.39 is 0 Å². The zero-order valence-corrected chi connectivity index (χ0v) is 21.6. The molecule has 0 saturated heterocycles. The van der Waals surface area contributed by atoms with Crippen LogP contribution in [0.15, 0.2) is 57.2 Å². The highest BCUT2D eigenvalue weighted by molar-refractivity contribution is 9.10. The lowest BCUT2D eigenvalue weighted by Crippen LogP contribution is -2.14. The third kappa shape index (κ3) is 4.45. The van der Waals surface area contributed by atoms with Gasteiger partial charge in [-0.05, 0) is 55.0 Å². The lowest BCUT2D eigenvalue weighted by molar-refractivity contribution is -0.0176. The van der Waals surface area contributed by atoms with E-state index in [0.717, 1.165) is 36.9 Å². The molecule has 3 aromatic rings. The SMILES string of the molecule is COc1ccc(Br)cc1/C=C1\Oc2cc(OCc3cc(Br)cc4c3OCOC4)cc(C)c2C1=O. The summed E-state index contributed by atoms with van der Waals surface area (Å²) < 4.78 is 30.3. The third-order valence-electron chi connectivity index (χ3n) is 5.57. The Hall–Kier alpha value is -2.81. The molecule has 0 atom stereocenters. The Labute approximate surface area is 213 Å². The van der Waals surface area contributed by atoms with Crippen LogP contribution in [-0.4, -0.2) is 19.7 Å². The quantitative estimate of drug-likeness (QED) is 0.314. The van der Waals surface area contributed by atoms with Gasteiger partial charge in [-0.15, -0.1) is 0 Å². The zero-order chi connectivity index (χ0) is 23.8. The van der Waals surface area contributed by atoms with Gasteiger partial charge in [-0.1, -0.05) is 31.9 Å². The molecule has 0 aromatic heterocycles. The molecule has 2 aliphatic heterocycles. The summed E-state index contributed by atoms with van der Waals surface area (Å²) in [6.45, 7) is 2.88. The van der Waals surface area contributed by atoms with Crippen molar-refractivity contribution in [1.29, 1.82) is 0 Å². The summed E-state index contributed by atoms with van der Waals surface area (Å²) in [6.07, 6.45) is 1.69. The predicted molar refractivity (Wildman–Crippen MR) is 134 cm³/mol. The highest BCUT2D eigenvalue weighted by atomic mass is 79.9.